The molecule has 2 rings (SSSR count). The van der Waals surface area contributed by atoms with Crippen LogP contribution in [0.3, 0.4) is 0 Å². The minimum atomic E-state index is 0.343. The van der Waals surface area contributed by atoms with E-state index in [1.54, 1.807) is 0 Å². The summed E-state index contributed by atoms with van der Waals surface area (Å²) in [5.41, 5.74) is 1.27. The molecular formula is C14H24BrN3O. The Kier molecular flexibility index (Phi) is 5.42. The Balaban J connectivity index is 2.19. The van der Waals surface area contributed by atoms with Crippen molar-refractivity contribution in [3.05, 3.63) is 16.4 Å². The Morgan fingerprint density at radius 3 is 2.95 bits per heavy atom. The molecule has 1 aromatic heterocycles. The zero-order valence-corrected chi connectivity index (χ0v) is 13.6. The summed E-state index contributed by atoms with van der Waals surface area (Å²) < 4.78 is 8.72. The SMILES string of the molecule is CCNC(CC1CCOC1)c1c(Br)cnn1C(C)C. The van der Waals surface area contributed by atoms with Gasteiger partial charge >= 0.3 is 0 Å². The predicted molar refractivity (Wildman–Crippen MR) is 80.3 cm³/mol. The van der Waals surface area contributed by atoms with Gasteiger partial charge in [0.1, 0.15) is 0 Å². The molecule has 1 N–H and O–H groups in total. The summed E-state index contributed by atoms with van der Waals surface area (Å²) in [6, 6.07) is 0.721. The highest BCUT2D eigenvalue weighted by Gasteiger charge is 2.26. The van der Waals surface area contributed by atoms with Crippen LogP contribution in [0, 0.1) is 5.92 Å². The summed E-state index contributed by atoms with van der Waals surface area (Å²) in [6.45, 7) is 9.27. The summed E-state index contributed by atoms with van der Waals surface area (Å²) in [4.78, 5) is 0. The second-order valence-electron chi connectivity index (χ2n) is 5.49. The van der Waals surface area contributed by atoms with E-state index in [1.807, 2.05) is 6.20 Å². The van der Waals surface area contributed by atoms with Crippen LogP contribution in [0.2, 0.25) is 0 Å². The van der Waals surface area contributed by atoms with E-state index in [4.69, 9.17) is 4.74 Å². The highest BCUT2D eigenvalue weighted by Crippen LogP contribution is 2.32. The van der Waals surface area contributed by atoms with Crippen LogP contribution in [-0.2, 0) is 4.74 Å². The second-order valence-corrected chi connectivity index (χ2v) is 6.35. The van der Waals surface area contributed by atoms with Crippen LogP contribution >= 0.6 is 15.9 Å². The van der Waals surface area contributed by atoms with Gasteiger partial charge in [-0.25, -0.2) is 0 Å². The Morgan fingerprint density at radius 2 is 2.37 bits per heavy atom. The molecule has 1 aliphatic rings. The first-order valence-corrected chi connectivity index (χ1v) is 7.96. The molecule has 108 valence electrons. The van der Waals surface area contributed by atoms with E-state index in [0.717, 1.165) is 30.7 Å². The van der Waals surface area contributed by atoms with Gasteiger partial charge in [0.2, 0.25) is 0 Å². The lowest BCUT2D eigenvalue weighted by Gasteiger charge is -2.24. The van der Waals surface area contributed by atoms with Gasteiger partial charge < -0.3 is 10.1 Å². The molecule has 19 heavy (non-hydrogen) atoms. The van der Waals surface area contributed by atoms with Crippen LogP contribution in [0.1, 0.15) is 51.4 Å². The highest BCUT2D eigenvalue weighted by atomic mass is 79.9. The van der Waals surface area contributed by atoms with Crippen LogP contribution in [0.4, 0.5) is 0 Å². The summed E-state index contributed by atoms with van der Waals surface area (Å²) in [5, 5.41) is 8.09. The van der Waals surface area contributed by atoms with Gasteiger partial charge in [0, 0.05) is 19.3 Å². The van der Waals surface area contributed by atoms with Crippen molar-refractivity contribution in [1.82, 2.24) is 15.1 Å². The molecule has 1 aromatic rings. The number of hydrogen-bond donors (Lipinski definition) is 1. The van der Waals surface area contributed by atoms with Gasteiger partial charge in [-0.1, -0.05) is 6.92 Å². The maximum atomic E-state index is 5.50. The maximum absolute atomic E-state index is 5.50. The molecule has 1 fully saturated rings. The van der Waals surface area contributed by atoms with Crippen molar-refractivity contribution < 1.29 is 4.74 Å². The summed E-state index contributed by atoms with van der Waals surface area (Å²) in [6.07, 6.45) is 4.20. The van der Waals surface area contributed by atoms with E-state index >= 15 is 0 Å². The van der Waals surface area contributed by atoms with E-state index in [-0.39, 0.29) is 0 Å². The maximum Gasteiger partial charge on any atom is 0.0698 e. The van der Waals surface area contributed by atoms with E-state index in [0.29, 0.717) is 18.0 Å². The van der Waals surface area contributed by atoms with Crippen molar-refractivity contribution in [1.29, 1.82) is 0 Å². The number of rotatable bonds is 6. The van der Waals surface area contributed by atoms with Gasteiger partial charge in [0.25, 0.3) is 0 Å². The van der Waals surface area contributed by atoms with E-state index in [9.17, 15) is 0 Å². The Hall–Kier alpha value is -0.390. The quantitative estimate of drug-likeness (QED) is 0.870. The first kappa shape index (κ1) is 15.0. The Morgan fingerprint density at radius 1 is 1.58 bits per heavy atom. The van der Waals surface area contributed by atoms with Gasteiger partial charge in [-0.05, 0) is 55.1 Å². The molecule has 0 saturated carbocycles. The zero-order chi connectivity index (χ0) is 13.8. The number of aromatic nitrogens is 2. The molecule has 0 bridgehead atoms. The van der Waals surface area contributed by atoms with Crippen LogP contribution < -0.4 is 5.32 Å². The van der Waals surface area contributed by atoms with Crippen molar-refractivity contribution in [2.75, 3.05) is 19.8 Å². The summed E-state index contributed by atoms with van der Waals surface area (Å²) in [5.74, 6) is 0.659. The summed E-state index contributed by atoms with van der Waals surface area (Å²) in [7, 11) is 0. The summed E-state index contributed by atoms with van der Waals surface area (Å²) >= 11 is 3.65. The van der Waals surface area contributed by atoms with Gasteiger partial charge in [-0.3, -0.25) is 4.68 Å². The lowest BCUT2D eigenvalue weighted by molar-refractivity contribution is 0.181. The fraction of sp³-hybridized carbons (Fsp3) is 0.786. The number of nitrogens with one attached hydrogen (secondary N) is 1. The number of ether oxygens (including phenoxy) is 1. The molecule has 0 aromatic carbocycles. The average molecular weight is 330 g/mol. The normalized spacial score (nSPS) is 21.2. The topological polar surface area (TPSA) is 39.1 Å². The first-order chi connectivity index (χ1) is 9.13. The van der Waals surface area contributed by atoms with Crippen LogP contribution in [-0.4, -0.2) is 29.5 Å². The third-order valence-electron chi connectivity index (χ3n) is 3.65. The number of halogens is 1. The van der Waals surface area contributed by atoms with Crippen LogP contribution in [0.25, 0.3) is 0 Å². The second kappa shape index (κ2) is 6.86. The lowest BCUT2D eigenvalue weighted by atomic mass is 9.97. The third-order valence-corrected chi connectivity index (χ3v) is 4.26. The van der Waals surface area contributed by atoms with Crippen LogP contribution in [0.5, 0.6) is 0 Å². The number of hydrogen-bond acceptors (Lipinski definition) is 3. The monoisotopic (exact) mass is 329 g/mol. The molecular weight excluding hydrogens is 306 g/mol. The van der Waals surface area contributed by atoms with Crippen molar-refractivity contribution in [3.8, 4) is 0 Å². The van der Waals surface area contributed by atoms with Crippen molar-refractivity contribution >= 4 is 15.9 Å². The smallest absolute Gasteiger partial charge is 0.0698 e. The molecule has 2 heterocycles. The lowest BCUT2D eigenvalue weighted by Crippen LogP contribution is -2.27. The first-order valence-electron chi connectivity index (χ1n) is 7.17. The molecule has 0 radical (unpaired) electrons. The average Bonchev–Trinajstić information content (AvgIpc) is 2.97. The molecule has 0 amide bonds. The van der Waals surface area contributed by atoms with Gasteiger partial charge in [-0.2, -0.15) is 5.10 Å². The molecule has 1 saturated heterocycles. The molecule has 2 unspecified atom stereocenters. The van der Waals surface area contributed by atoms with Crippen molar-refractivity contribution in [2.24, 2.45) is 5.92 Å². The largest absolute Gasteiger partial charge is 0.381 e. The minimum absolute atomic E-state index is 0.343. The molecule has 0 spiro atoms. The highest BCUT2D eigenvalue weighted by molar-refractivity contribution is 9.10. The third kappa shape index (κ3) is 3.58. The fourth-order valence-electron chi connectivity index (χ4n) is 2.73. The molecule has 4 nitrogen and oxygen atoms in total. The molecule has 0 aliphatic carbocycles. The standard InChI is InChI=1S/C14H24BrN3O/c1-4-16-13(7-11-5-6-19-9-11)14-12(15)8-17-18(14)10(2)3/h8,10-11,13,16H,4-7,9H2,1-3H3. The minimum Gasteiger partial charge on any atom is -0.381 e. The molecule has 1 aliphatic heterocycles. The van der Waals surface area contributed by atoms with Crippen molar-refractivity contribution in [3.63, 3.8) is 0 Å². The van der Waals surface area contributed by atoms with Crippen LogP contribution in [0.15, 0.2) is 10.7 Å². The zero-order valence-electron chi connectivity index (χ0n) is 12.0. The fourth-order valence-corrected chi connectivity index (χ4v) is 3.28. The predicted octanol–water partition coefficient (Wildman–Crippen LogP) is 3.30. The molecule has 5 heteroatoms. The van der Waals surface area contributed by atoms with Gasteiger partial charge in [0.15, 0.2) is 0 Å². The van der Waals surface area contributed by atoms with E-state index in [2.05, 4.69) is 51.8 Å². The molecule has 2 atom stereocenters. The van der Waals surface area contributed by atoms with E-state index in [1.165, 1.54) is 12.1 Å². The van der Waals surface area contributed by atoms with E-state index < -0.39 is 0 Å². The Bertz CT molecular complexity index is 399. The Labute approximate surface area is 124 Å². The number of nitrogens with zero attached hydrogens (tertiary/aromatic N) is 2. The van der Waals surface area contributed by atoms with Crippen molar-refractivity contribution in [2.45, 2.75) is 45.7 Å². The van der Waals surface area contributed by atoms with Gasteiger partial charge in [0.05, 0.1) is 22.4 Å². The van der Waals surface area contributed by atoms with Gasteiger partial charge in [-0.15, -0.1) is 0 Å².